The molecule has 2 heterocycles. The standard InChI is InChI=1S/C12H17N3O/c1-9(10-6-13-7-10)12(16)14-8-11-4-3-5-15(11)2/h3-5,13H,6-8H2,1-2H3,(H,14,16). The monoisotopic (exact) mass is 219 g/mol. The van der Waals surface area contributed by atoms with Crippen LogP contribution in [-0.2, 0) is 18.4 Å². The molecule has 0 spiro atoms. The van der Waals surface area contributed by atoms with Gasteiger partial charge in [-0.05, 0) is 24.6 Å². The van der Waals surface area contributed by atoms with E-state index in [1.807, 2.05) is 36.9 Å². The minimum atomic E-state index is 0.0395. The third kappa shape index (κ3) is 2.17. The average molecular weight is 219 g/mol. The van der Waals surface area contributed by atoms with Crippen LogP contribution in [0.4, 0.5) is 0 Å². The largest absolute Gasteiger partial charge is 0.353 e. The lowest BCUT2D eigenvalue weighted by molar-refractivity contribution is -0.117. The van der Waals surface area contributed by atoms with Crippen LogP contribution in [0.15, 0.2) is 29.5 Å². The summed E-state index contributed by atoms with van der Waals surface area (Å²) in [5.41, 5.74) is 3.18. The van der Waals surface area contributed by atoms with E-state index in [9.17, 15) is 4.79 Å². The number of amides is 1. The fourth-order valence-electron chi connectivity index (χ4n) is 1.66. The molecule has 0 bridgehead atoms. The fraction of sp³-hybridized carbons (Fsp3) is 0.417. The second-order valence-corrected chi connectivity index (χ2v) is 4.13. The van der Waals surface area contributed by atoms with Crippen LogP contribution >= 0.6 is 0 Å². The second kappa shape index (κ2) is 4.53. The zero-order chi connectivity index (χ0) is 11.5. The van der Waals surface area contributed by atoms with Crippen molar-refractivity contribution >= 4 is 5.91 Å². The lowest BCUT2D eigenvalue weighted by Crippen LogP contribution is -2.37. The molecule has 0 unspecified atom stereocenters. The molecule has 0 radical (unpaired) electrons. The number of hydrogen-bond acceptors (Lipinski definition) is 2. The molecular weight excluding hydrogens is 202 g/mol. The summed E-state index contributed by atoms with van der Waals surface area (Å²) >= 11 is 0. The molecule has 1 aliphatic rings. The Bertz CT molecular complexity index is 425. The molecule has 4 heteroatoms. The van der Waals surface area contributed by atoms with E-state index in [-0.39, 0.29) is 5.91 Å². The van der Waals surface area contributed by atoms with E-state index >= 15 is 0 Å². The Labute approximate surface area is 95.3 Å². The summed E-state index contributed by atoms with van der Waals surface area (Å²) in [6.07, 6.45) is 1.97. The van der Waals surface area contributed by atoms with Gasteiger partial charge in [-0.1, -0.05) is 0 Å². The number of aryl methyl sites for hydroxylation is 1. The van der Waals surface area contributed by atoms with Crippen molar-refractivity contribution in [2.45, 2.75) is 13.5 Å². The summed E-state index contributed by atoms with van der Waals surface area (Å²) in [7, 11) is 1.97. The van der Waals surface area contributed by atoms with E-state index in [0.29, 0.717) is 6.54 Å². The summed E-state index contributed by atoms with van der Waals surface area (Å²) in [6, 6.07) is 3.98. The van der Waals surface area contributed by atoms with Crippen LogP contribution in [0.2, 0.25) is 0 Å². The smallest absolute Gasteiger partial charge is 0.247 e. The van der Waals surface area contributed by atoms with E-state index in [1.54, 1.807) is 0 Å². The van der Waals surface area contributed by atoms with Gasteiger partial charge in [0, 0.05) is 37.6 Å². The minimum absolute atomic E-state index is 0.0395. The third-order valence-corrected chi connectivity index (χ3v) is 3.03. The summed E-state index contributed by atoms with van der Waals surface area (Å²) in [6.45, 7) is 4.17. The predicted octanol–water partition coefficient (Wildman–Crippen LogP) is 0.561. The molecule has 1 aromatic rings. The number of rotatable bonds is 3. The Kier molecular flexibility index (Phi) is 3.10. The van der Waals surface area contributed by atoms with Crippen molar-refractivity contribution in [1.82, 2.24) is 15.2 Å². The number of nitrogens with one attached hydrogen (secondary N) is 2. The highest BCUT2D eigenvalue weighted by Crippen LogP contribution is 2.09. The molecule has 4 nitrogen and oxygen atoms in total. The van der Waals surface area contributed by atoms with Crippen LogP contribution in [0.3, 0.4) is 0 Å². The van der Waals surface area contributed by atoms with Gasteiger partial charge in [0.05, 0.1) is 6.54 Å². The number of nitrogens with zero attached hydrogens (tertiary/aromatic N) is 1. The molecule has 16 heavy (non-hydrogen) atoms. The minimum Gasteiger partial charge on any atom is -0.353 e. The molecular formula is C12H17N3O. The van der Waals surface area contributed by atoms with Gasteiger partial charge in [0.1, 0.15) is 0 Å². The lowest BCUT2D eigenvalue weighted by atomic mass is 10.0. The molecule has 0 atom stereocenters. The molecule has 0 aromatic carbocycles. The van der Waals surface area contributed by atoms with Crippen molar-refractivity contribution in [2.75, 3.05) is 13.1 Å². The highest BCUT2D eigenvalue weighted by molar-refractivity contribution is 5.93. The lowest BCUT2D eigenvalue weighted by Gasteiger charge is -2.21. The molecule has 1 fully saturated rings. The van der Waals surface area contributed by atoms with Gasteiger partial charge < -0.3 is 15.2 Å². The topological polar surface area (TPSA) is 46.1 Å². The summed E-state index contributed by atoms with van der Waals surface area (Å²) in [4.78, 5) is 11.8. The summed E-state index contributed by atoms with van der Waals surface area (Å²) < 4.78 is 2.01. The van der Waals surface area contributed by atoms with Gasteiger partial charge in [-0.25, -0.2) is 0 Å². The Balaban J connectivity index is 1.91. The molecule has 1 aliphatic heterocycles. The first-order valence-corrected chi connectivity index (χ1v) is 5.46. The number of carbonyl (C=O) groups excluding carboxylic acids is 1. The molecule has 1 amide bonds. The average Bonchev–Trinajstić information content (AvgIpc) is 2.57. The van der Waals surface area contributed by atoms with E-state index in [4.69, 9.17) is 0 Å². The highest BCUT2D eigenvalue weighted by atomic mass is 16.1. The first kappa shape index (κ1) is 11.0. The molecule has 0 aliphatic carbocycles. The normalized spacial score (nSPS) is 14.5. The van der Waals surface area contributed by atoms with Crippen LogP contribution in [0.1, 0.15) is 12.6 Å². The number of hydrogen-bond donors (Lipinski definition) is 2. The number of carbonyl (C=O) groups is 1. The zero-order valence-electron chi connectivity index (χ0n) is 9.71. The Hall–Kier alpha value is -1.55. The quantitative estimate of drug-likeness (QED) is 0.730. The first-order chi connectivity index (χ1) is 7.68. The van der Waals surface area contributed by atoms with Crippen LogP contribution in [-0.4, -0.2) is 23.6 Å². The van der Waals surface area contributed by atoms with Crippen LogP contribution in [0.5, 0.6) is 0 Å². The van der Waals surface area contributed by atoms with Crippen molar-refractivity contribution in [3.05, 3.63) is 35.2 Å². The van der Waals surface area contributed by atoms with Crippen molar-refractivity contribution in [1.29, 1.82) is 0 Å². The van der Waals surface area contributed by atoms with Gasteiger partial charge in [0.2, 0.25) is 5.91 Å². The van der Waals surface area contributed by atoms with Crippen LogP contribution < -0.4 is 10.6 Å². The molecule has 1 saturated heterocycles. The van der Waals surface area contributed by atoms with Gasteiger partial charge in [0.25, 0.3) is 0 Å². The molecule has 86 valence electrons. The summed E-state index contributed by atoms with van der Waals surface area (Å²) in [5, 5.41) is 6.06. The van der Waals surface area contributed by atoms with Gasteiger partial charge in [-0.2, -0.15) is 0 Å². The van der Waals surface area contributed by atoms with Gasteiger partial charge >= 0.3 is 0 Å². The Morgan fingerprint density at radius 2 is 2.31 bits per heavy atom. The van der Waals surface area contributed by atoms with Crippen molar-refractivity contribution in [3.63, 3.8) is 0 Å². The summed E-state index contributed by atoms with van der Waals surface area (Å²) in [5.74, 6) is 0.0395. The van der Waals surface area contributed by atoms with Crippen molar-refractivity contribution in [3.8, 4) is 0 Å². The zero-order valence-corrected chi connectivity index (χ0v) is 9.71. The van der Waals surface area contributed by atoms with Crippen LogP contribution in [0.25, 0.3) is 0 Å². The predicted molar refractivity (Wildman–Crippen MR) is 62.8 cm³/mol. The molecule has 0 saturated carbocycles. The van der Waals surface area contributed by atoms with E-state index in [1.165, 1.54) is 5.57 Å². The first-order valence-electron chi connectivity index (χ1n) is 5.46. The van der Waals surface area contributed by atoms with Crippen molar-refractivity contribution in [2.24, 2.45) is 7.05 Å². The fourth-order valence-corrected chi connectivity index (χ4v) is 1.66. The molecule has 1 aromatic heterocycles. The molecule has 2 rings (SSSR count). The van der Waals surface area contributed by atoms with Gasteiger partial charge in [-0.15, -0.1) is 0 Å². The van der Waals surface area contributed by atoms with E-state index < -0.39 is 0 Å². The van der Waals surface area contributed by atoms with Crippen molar-refractivity contribution < 1.29 is 4.79 Å². The Morgan fingerprint density at radius 1 is 1.56 bits per heavy atom. The number of aromatic nitrogens is 1. The van der Waals surface area contributed by atoms with Gasteiger partial charge in [-0.3, -0.25) is 4.79 Å². The third-order valence-electron chi connectivity index (χ3n) is 3.03. The maximum absolute atomic E-state index is 11.8. The van der Waals surface area contributed by atoms with E-state index in [2.05, 4.69) is 10.6 Å². The Morgan fingerprint density at radius 3 is 2.81 bits per heavy atom. The van der Waals surface area contributed by atoms with Gasteiger partial charge in [0.15, 0.2) is 0 Å². The maximum Gasteiger partial charge on any atom is 0.247 e. The van der Waals surface area contributed by atoms with E-state index in [0.717, 1.165) is 24.4 Å². The molecule has 2 N–H and O–H groups in total. The second-order valence-electron chi connectivity index (χ2n) is 4.13. The SMILES string of the molecule is CC(C(=O)NCc1cccn1C)=C1CNC1. The highest BCUT2D eigenvalue weighted by Gasteiger charge is 2.15. The van der Waals surface area contributed by atoms with Crippen LogP contribution in [0, 0.1) is 0 Å². The maximum atomic E-state index is 11.8.